The Kier molecular flexibility index (Phi) is 9.06. The molecule has 0 aromatic rings. The molecule has 2 radical (unpaired) electrons. The van der Waals surface area contributed by atoms with Gasteiger partial charge in [-0.25, -0.2) is 0 Å². The van der Waals surface area contributed by atoms with E-state index in [4.69, 9.17) is 17.3 Å². The molecular weight excluding hydrogens is 151 g/mol. The summed E-state index contributed by atoms with van der Waals surface area (Å²) in [5.74, 6) is 0. The topological polar surface area (TPSA) is 18.5 Å². The van der Waals surface area contributed by atoms with E-state index in [2.05, 4.69) is 0 Å². The molecule has 70 valence electrons. The molecule has 12 heavy (non-hydrogen) atoms. The van der Waals surface area contributed by atoms with Gasteiger partial charge in [-0.3, -0.25) is 0 Å². The van der Waals surface area contributed by atoms with Crippen LogP contribution in [0, 0.1) is 0 Å². The van der Waals surface area contributed by atoms with Crippen molar-refractivity contribution in [1.29, 1.82) is 0 Å². The first kappa shape index (κ1) is 12.0. The van der Waals surface area contributed by atoms with E-state index in [1.807, 2.05) is 13.8 Å². The third-order valence-electron chi connectivity index (χ3n) is 1.38. The molecule has 0 aliphatic carbocycles. The van der Waals surface area contributed by atoms with Gasteiger partial charge in [0, 0.05) is 19.8 Å². The van der Waals surface area contributed by atoms with Crippen molar-refractivity contribution in [2.24, 2.45) is 0 Å². The maximum Gasteiger partial charge on any atom is 0.0654 e. The molecule has 3 heteroatoms. The van der Waals surface area contributed by atoms with Crippen molar-refractivity contribution in [2.45, 2.75) is 39.1 Å². The Bertz CT molecular complexity index is 86.6. The maximum absolute atomic E-state index is 5.34. The van der Waals surface area contributed by atoms with Crippen LogP contribution in [-0.2, 0) is 9.47 Å². The quantitative estimate of drug-likeness (QED) is 0.408. The zero-order valence-corrected chi connectivity index (χ0v) is 8.21. The third-order valence-corrected chi connectivity index (χ3v) is 1.38. The standard InChI is InChI=1S/C9H19BO2/c1-9(2)12-8-4-7-11-6-3-5-10/h9H,3-8H2,1-2H3. The second-order valence-electron chi connectivity index (χ2n) is 3.03. The SMILES string of the molecule is [B]CCCOCCCOC(C)C. The average molecular weight is 170 g/mol. The molecule has 0 saturated carbocycles. The fraction of sp³-hybridized carbons (Fsp3) is 1.00. The van der Waals surface area contributed by atoms with Crippen LogP contribution in [0.4, 0.5) is 0 Å². The molecule has 0 atom stereocenters. The number of rotatable bonds is 8. The van der Waals surface area contributed by atoms with Crippen LogP contribution in [0.3, 0.4) is 0 Å². The number of ether oxygens (including phenoxy) is 2. The summed E-state index contributed by atoms with van der Waals surface area (Å²) < 4.78 is 10.6. The van der Waals surface area contributed by atoms with Gasteiger partial charge in [0.25, 0.3) is 0 Å². The minimum absolute atomic E-state index is 0.328. The average Bonchev–Trinajstić information content (AvgIpc) is 2.02. The van der Waals surface area contributed by atoms with Gasteiger partial charge in [-0.05, 0) is 26.7 Å². The van der Waals surface area contributed by atoms with E-state index in [1.165, 1.54) is 0 Å². The lowest BCUT2D eigenvalue weighted by molar-refractivity contribution is 0.0516. The summed E-state index contributed by atoms with van der Waals surface area (Å²) in [6, 6.07) is 0. The monoisotopic (exact) mass is 170 g/mol. The molecule has 0 rings (SSSR count). The predicted molar refractivity (Wildman–Crippen MR) is 51.7 cm³/mol. The van der Waals surface area contributed by atoms with Crippen LogP contribution >= 0.6 is 0 Å². The molecule has 0 fully saturated rings. The van der Waals surface area contributed by atoms with Crippen molar-refractivity contribution in [3.63, 3.8) is 0 Å². The van der Waals surface area contributed by atoms with Crippen LogP contribution in [0.25, 0.3) is 0 Å². The Morgan fingerprint density at radius 2 is 1.75 bits per heavy atom. The molecule has 0 aromatic carbocycles. The summed E-state index contributed by atoms with van der Waals surface area (Å²) in [5.41, 5.74) is 0. The van der Waals surface area contributed by atoms with E-state index in [9.17, 15) is 0 Å². The van der Waals surface area contributed by atoms with E-state index in [0.717, 1.165) is 32.7 Å². The van der Waals surface area contributed by atoms with Crippen LogP contribution in [0.1, 0.15) is 26.7 Å². The van der Waals surface area contributed by atoms with Crippen molar-refractivity contribution in [3.8, 4) is 0 Å². The molecule has 0 N–H and O–H groups in total. The summed E-state index contributed by atoms with van der Waals surface area (Å²) in [5, 5.41) is 0. The van der Waals surface area contributed by atoms with E-state index >= 15 is 0 Å². The molecule has 0 aliphatic heterocycles. The molecule has 0 aromatic heterocycles. The summed E-state index contributed by atoms with van der Waals surface area (Å²) in [6.07, 6.45) is 2.96. The van der Waals surface area contributed by atoms with Gasteiger partial charge in [0.15, 0.2) is 0 Å². The lowest BCUT2D eigenvalue weighted by atomic mass is 10.0. The second kappa shape index (κ2) is 9.08. The Morgan fingerprint density at radius 1 is 1.08 bits per heavy atom. The van der Waals surface area contributed by atoms with Crippen LogP contribution in [0.2, 0.25) is 6.32 Å². The van der Waals surface area contributed by atoms with Crippen molar-refractivity contribution >= 4 is 7.85 Å². The first-order chi connectivity index (χ1) is 5.77. The van der Waals surface area contributed by atoms with Gasteiger partial charge in [-0.2, -0.15) is 0 Å². The fourth-order valence-electron chi connectivity index (χ4n) is 0.767. The van der Waals surface area contributed by atoms with Gasteiger partial charge < -0.3 is 9.47 Å². The Labute approximate surface area is 77.0 Å². The van der Waals surface area contributed by atoms with Gasteiger partial charge in [0.05, 0.1) is 14.0 Å². The highest BCUT2D eigenvalue weighted by Crippen LogP contribution is 1.92. The van der Waals surface area contributed by atoms with Gasteiger partial charge in [-0.15, -0.1) is 0 Å². The number of hydrogen-bond donors (Lipinski definition) is 0. The van der Waals surface area contributed by atoms with Gasteiger partial charge in [-0.1, -0.05) is 6.32 Å². The Balaban J connectivity index is 2.82. The van der Waals surface area contributed by atoms with E-state index < -0.39 is 0 Å². The smallest absolute Gasteiger partial charge is 0.0654 e. The Morgan fingerprint density at radius 3 is 2.33 bits per heavy atom. The highest BCUT2D eigenvalue weighted by molar-refractivity contribution is 6.08. The summed E-state index contributed by atoms with van der Waals surface area (Å²) in [4.78, 5) is 0. The molecule has 2 nitrogen and oxygen atoms in total. The van der Waals surface area contributed by atoms with Crippen LogP contribution < -0.4 is 0 Å². The van der Waals surface area contributed by atoms with Crippen LogP contribution in [-0.4, -0.2) is 33.8 Å². The maximum atomic E-state index is 5.34. The van der Waals surface area contributed by atoms with E-state index in [1.54, 1.807) is 0 Å². The van der Waals surface area contributed by atoms with E-state index in [-0.39, 0.29) is 0 Å². The largest absolute Gasteiger partial charge is 0.381 e. The first-order valence-corrected chi connectivity index (χ1v) is 4.66. The van der Waals surface area contributed by atoms with Crippen LogP contribution in [0.5, 0.6) is 0 Å². The fourth-order valence-corrected chi connectivity index (χ4v) is 0.767. The molecule has 0 unspecified atom stereocenters. The summed E-state index contributed by atoms with van der Waals surface area (Å²) in [7, 11) is 5.30. The third kappa shape index (κ3) is 9.98. The zero-order chi connectivity index (χ0) is 9.23. The first-order valence-electron chi connectivity index (χ1n) is 4.66. The zero-order valence-electron chi connectivity index (χ0n) is 8.21. The molecule has 0 spiro atoms. The van der Waals surface area contributed by atoms with Crippen LogP contribution in [0.15, 0.2) is 0 Å². The van der Waals surface area contributed by atoms with Crippen molar-refractivity contribution < 1.29 is 9.47 Å². The molecule has 0 saturated heterocycles. The van der Waals surface area contributed by atoms with Crippen molar-refractivity contribution in [1.82, 2.24) is 0 Å². The lowest BCUT2D eigenvalue weighted by Crippen LogP contribution is -2.06. The highest BCUT2D eigenvalue weighted by Gasteiger charge is 1.92. The number of hydrogen-bond acceptors (Lipinski definition) is 2. The van der Waals surface area contributed by atoms with Crippen molar-refractivity contribution in [2.75, 3.05) is 19.8 Å². The minimum Gasteiger partial charge on any atom is -0.381 e. The molecule has 0 bridgehead atoms. The van der Waals surface area contributed by atoms with Gasteiger partial charge >= 0.3 is 0 Å². The molecule has 0 amide bonds. The van der Waals surface area contributed by atoms with Gasteiger partial charge in [0.1, 0.15) is 0 Å². The summed E-state index contributed by atoms with van der Waals surface area (Å²) >= 11 is 0. The summed E-state index contributed by atoms with van der Waals surface area (Å²) in [6.45, 7) is 6.43. The normalized spacial score (nSPS) is 10.9. The minimum atomic E-state index is 0.328. The predicted octanol–water partition coefficient (Wildman–Crippen LogP) is 1.79. The molecular formula is C9H19BO2. The Hall–Kier alpha value is -0.0151. The lowest BCUT2D eigenvalue weighted by Gasteiger charge is -2.07. The highest BCUT2D eigenvalue weighted by atomic mass is 16.5. The molecule has 0 heterocycles. The van der Waals surface area contributed by atoms with E-state index in [0.29, 0.717) is 12.4 Å². The second-order valence-corrected chi connectivity index (χ2v) is 3.03. The molecule has 0 aliphatic rings. The van der Waals surface area contributed by atoms with Crippen molar-refractivity contribution in [3.05, 3.63) is 0 Å². The van der Waals surface area contributed by atoms with Gasteiger partial charge in [0.2, 0.25) is 0 Å².